The number of para-hydroxylation sites is 2. The van der Waals surface area contributed by atoms with Gasteiger partial charge in [0.05, 0.1) is 13.3 Å². The third kappa shape index (κ3) is 3.67. The average Bonchev–Trinajstić information content (AvgIpc) is 3.22. The predicted octanol–water partition coefficient (Wildman–Crippen LogP) is 2.25. The maximum Gasteiger partial charge on any atom is 0.292 e. The molecule has 0 aliphatic heterocycles. The van der Waals surface area contributed by atoms with Crippen molar-refractivity contribution < 1.29 is 9.53 Å². The first-order valence-electron chi connectivity index (χ1n) is 8.11. The molecule has 1 N–H and O–H groups in total. The molecule has 0 atom stereocenters. The molecule has 0 unspecified atom stereocenters. The smallest absolute Gasteiger partial charge is 0.292 e. The molecule has 3 aromatic rings. The molecule has 0 fully saturated rings. The van der Waals surface area contributed by atoms with E-state index in [-0.39, 0.29) is 16.8 Å². The number of rotatable bonds is 5. The number of carbonyl (C=O) groups excluding carboxylic acids is 1. The Bertz CT molecular complexity index is 1140. The largest absolute Gasteiger partial charge is 0.494 e. The molecule has 0 bridgehead atoms. The maximum atomic E-state index is 12.7. The van der Waals surface area contributed by atoms with Gasteiger partial charge in [-0.15, -0.1) is 11.3 Å². The molecular formula is C19H15N5O3S. The lowest BCUT2D eigenvalue weighted by Gasteiger charge is -2.13. The molecule has 9 heteroatoms. The van der Waals surface area contributed by atoms with E-state index in [1.165, 1.54) is 31.6 Å². The second kappa shape index (κ2) is 8.28. The highest BCUT2D eigenvalue weighted by Gasteiger charge is 2.21. The molecule has 0 saturated carbocycles. The zero-order valence-corrected chi connectivity index (χ0v) is 15.9. The van der Waals surface area contributed by atoms with Crippen LogP contribution in [0.15, 0.2) is 51.7 Å². The van der Waals surface area contributed by atoms with Gasteiger partial charge in [-0.25, -0.2) is 5.43 Å². The van der Waals surface area contributed by atoms with Crippen molar-refractivity contribution in [2.75, 3.05) is 7.11 Å². The van der Waals surface area contributed by atoms with Crippen molar-refractivity contribution in [1.29, 1.82) is 5.26 Å². The molecule has 0 radical (unpaired) electrons. The molecular weight excluding hydrogens is 378 g/mol. The summed E-state index contributed by atoms with van der Waals surface area (Å²) in [5, 5.41) is 19.4. The van der Waals surface area contributed by atoms with Crippen LogP contribution in [0.1, 0.15) is 26.5 Å². The number of hydrogen-bond acceptors (Lipinski definition) is 7. The van der Waals surface area contributed by atoms with Crippen LogP contribution in [-0.2, 0) is 0 Å². The third-order valence-corrected chi connectivity index (χ3v) is 4.68. The van der Waals surface area contributed by atoms with Crippen LogP contribution in [0, 0.1) is 18.3 Å². The van der Waals surface area contributed by atoms with Crippen LogP contribution in [-0.4, -0.2) is 29.0 Å². The molecule has 0 spiro atoms. The Morgan fingerprint density at radius 3 is 2.82 bits per heavy atom. The number of thiophene rings is 1. The van der Waals surface area contributed by atoms with Crippen molar-refractivity contribution >= 4 is 23.5 Å². The third-order valence-electron chi connectivity index (χ3n) is 3.88. The van der Waals surface area contributed by atoms with Crippen LogP contribution in [0.3, 0.4) is 0 Å². The van der Waals surface area contributed by atoms with Crippen molar-refractivity contribution in [1.82, 2.24) is 15.2 Å². The molecule has 0 aliphatic rings. The summed E-state index contributed by atoms with van der Waals surface area (Å²) in [7, 11) is 1.45. The van der Waals surface area contributed by atoms with Crippen LogP contribution in [0.2, 0.25) is 0 Å². The normalized spacial score (nSPS) is 10.6. The lowest BCUT2D eigenvalue weighted by atomic mass is 10.1. The average molecular weight is 393 g/mol. The molecule has 1 aromatic carbocycles. The topological polar surface area (TPSA) is 109 Å². The molecule has 1 amide bonds. The van der Waals surface area contributed by atoms with Gasteiger partial charge in [0.15, 0.2) is 5.69 Å². The number of nitrogens with zero attached hydrogens (tertiary/aromatic N) is 4. The summed E-state index contributed by atoms with van der Waals surface area (Å²) in [6, 6.07) is 12.3. The van der Waals surface area contributed by atoms with Crippen molar-refractivity contribution in [2.45, 2.75) is 6.92 Å². The van der Waals surface area contributed by atoms with E-state index in [4.69, 9.17) is 4.74 Å². The first-order chi connectivity index (χ1) is 13.6. The Kier molecular flexibility index (Phi) is 5.62. The summed E-state index contributed by atoms with van der Waals surface area (Å²) in [4.78, 5) is 26.1. The minimum atomic E-state index is -0.636. The fourth-order valence-corrected chi connectivity index (χ4v) is 3.08. The Balaban J connectivity index is 2.05. The van der Waals surface area contributed by atoms with Gasteiger partial charge in [-0.1, -0.05) is 18.2 Å². The highest BCUT2D eigenvalue weighted by Crippen LogP contribution is 2.21. The minimum Gasteiger partial charge on any atom is -0.494 e. The van der Waals surface area contributed by atoms with E-state index in [9.17, 15) is 14.9 Å². The minimum absolute atomic E-state index is 0.0783. The monoisotopic (exact) mass is 393 g/mol. The zero-order valence-electron chi connectivity index (χ0n) is 15.0. The summed E-state index contributed by atoms with van der Waals surface area (Å²) in [5.41, 5.74) is 1.99. The van der Waals surface area contributed by atoms with Gasteiger partial charge in [-0.2, -0.15) is 20.1 Å². The summed E-state index contributed by atoms with van der Waals surface area (Å²) < 4.78 is 6.25. The number of aromatic nitrogens is 2. The number of nitrogens with one attached hydrogen (secondary N) is 1. The second-order valence-electron chi connectivity index (χ2n) is 5.56. The lowest BCUT2D eigenvalue weighted by molar-refractivity contribution is 0.0947. The SMILES string of the molecule is COc1ccccc1-n1nc(C(=O)N/N=C\c2cccs2)c(C)c(C#N)c1=O. The van der Waals surface area contributed by atoms with Gasteiger partial charge in [-0.3, -0.25) is 9.59 Å². The Morgan fingerprint density at radius 2 is 2.14 bits per heavy atom. The molecule has 3 rings (SSSR count). The standard InChI is InChI=1S/C19H15N5O3S/c1-12-14(10-20)19(26)24(15-7-3-4-8-16(15)27-2)23-17(12)18(25)22-21-11-13-6-5-9-28-13/h3-9,11H,1-2H3,(H,22,25)/b21-11-. The Morgan fingerprint density at radius 1 is 1.36 bits per heavy atom. The number of nitriles is 1. The van der Waals surface area contributed by atoms with Crippen LogP contribution >= 0.6 is 11.3 Å². The lowest BCUT2D eigenvalue weighted by Crippen LogP contribution is -2.31. The van der Waals surface area contributed by atoms with Crippen LogP contribution in [0.25, 0.3) is 5.69 Å². The molecule has 0 aliphatic carbocycles. The fraction of sp³-hybridized carbons (Fsp3) is 0.105. The number of hydrogen-bond donors (Lipinski definition) is 1. The Labute approximate surface area is 164 Å². The van der Waals surface area contributed by atoms with E-state index in [1.807, 2.05) is 23.6 Å². The van der Waals surface area contributed by atoms with Gasteiger partial charge in [0, 0.05) is 10.4 Å². The maximum absolute atomic E-state index is 12.7. The molecule has 8 nitrogen and oxygen atoms in total. The van der Waals surface area contributed by atoms with Crippen molar-refractivity contribution in [3.63, 3.8) is 0 Å². The number of hydrazone groups is 1. The van der Waals surface area contributed by atoms with Gasteiger partial charge in [0.25, 0.3) is 11.5 Å². The first kappa shape index (κ1) is 19.0. The van der Waals surface area contributed by atoms with Gasteiger partial charge < -0.3 is 4.74 Å². The molecule has 2 aromatic heterocycles. The van der Waals surface area contributed by atoms with E-state index in [0.717, 1.165) is 9.56 Å². The summed E-state index contributed by atoms with van der Waals surface area (Å²) >= 11 is 1.47. The van der Waals surface area contributed by atoms with Crippen molar-refractivity contribution in [2.24, 2.45) is 5.10 Å². The van der Waals surface area contributed by atoms with Crippen molar-refractivity contribution in [3.05, 3.63) is 73.8 Å². The van der Waals surface area contributed by atoms with Gasteiger partial charge in [-0.05, 0) is 30.5 Å². The molecule has 2 heterocycles. The van der Waals surface area contributed by atoms with E-state index >= 15 is 0 Å². The summed E-state index contributed by atoms with van der Waals surface area (Å²) in [5.74, 6) is -0.252. The second-order valence-corrected chi connectivity index (χ2v) is 6.54. The van der Waals surface area contributed by atoms with Crippen LogP contribution in [0.4, 0.5) is 0 Å². The Hall–Kier alpha value is -3.77. The predicted molar refractivity (Wildman–Crippen MR) is 105 cm³/mol. The molecule has 140 valence electrons. The van der Waals surface area contributed by atoms with E-state index in [2.05, 4.69) is 15.6 Å². The zero-order chi connectivity index (χ0) is 20.1. The number of amides is 1. The number of carbonyl (C=O) groups is 1. The van der Waals surface area contributed by atoms with E-state index in [0.29, 0.717) is 11.4 Å². The van der Waals surface area contributed by atoms with E-state index < -0.39 is 11.5 Å². The molecule has 28 heavy (non-hydrogen) atoms. The van der Waals surface area contributed by atoms with Gasteiger partial charge in [0.1, 0.15) is 23.1 Å². The first-order valence-corrected chi connectivity index (χ1v) is 8.99. The van der Waals surface area contributed by atoms with Crippen molar-refractivity contribution in [3.8, 4) is 17.5 Å². The van der Waals surface area contributed by atoms with Gasteiger partial charge >= 0.3 is 0 Å². The highest BCUT2D eigenvalue weighted by molar-refractivity contribution is 7.11. The van der Waals surface area contributed by atoms with E-state index in [1.54, 1.807) is 24.3 Å². The number of methoxy groups -OCH3 is 1. The number of ether oxygens (including phenoxy) is 1. The summed E-state index contributed by atoms with van der Waals surface area (Å²) in [6.07, 6.45) is 1.50. The van der Waals surface area contributed by atoms with Gasteiger partial charge in [0.2, 0.25) is 0 Å². The molecule has 0 saturated heterocycles. The van der Waals surface area contributed by atoms with Crippen LogP contribution < -0.4 is 15.7 Å². The fourth-order valence-electron chi connectivity index (χ4n) is 2.49. The summed E-state index contributed by atoms with van der Waals surface area (Å²) in [6.45, 7) is 1.50. The van der Waals surface area contributed by atoms with Crippen LogP contribution in [0.5, 0.6) is 5.75 Å². The number of benzene rings is 1. The quantitative estimate of drug-likeness (QED) is 0.528. The highest BCUT2D eigenvalue weighted by atomic mass is 32.1.